The highest BCUT2D eigenvalue weighted by Crippen LogP contribution is 2.27. The summed E-state index contributed by atoms with van der Waals surface area (Å²) in [4.78, 5) is 23.4. The number of fused-ring (bicyclic) bond motifs is 2. The molecule has 1 N–H and O–H groups in total. The molecule has 0 radical (unpaired) electrons. The fraction of sp³-hybridized carbons (Fsp3) is 0.308. The molecule has 34 heavy (non-hydrogen) atoms. The van der Waals surface area contributed by atoms with Crippen LogP contribution < -0.4 is 10.2 Å². The SMILES string of the molecule is CC(C)N1CCN(c2ccc(Nc3nc(-c4ccc5c(c4)CN=C5)cn4ccnc34)cn2)CC1. The van der Waals surface area contributed by atoms with Gasteiger partial charge in [-0.25, -0.2) is 15.0 Å². The summed E-state index contributed by atoms with van der Waals surface area (Å²) in [6.45, 7) is 9.39. The maximum absolute atomic E-state index is 4.92. The summed E-state index contributed by atoms with van der Waals surface area (Å²) in [6.07, 6.45) is 9.56. The van der Waals surface area contributed by atoms with Crippen LogP contribution in [-0.2, 0) is 6.54 Å². The fourth-order valence-corrected chi connectivity index (χ4v) is 4.68. The van der Waals surface area contributed by atoms with E-state index in [1.54, 1.807) is 6.20 Å². The number of anilines is 3. The van der Waals surface area contributed by atoms with Crippen molar-refractivity contribution in [2.24, 2.45) is 4.99 Å². The highest BCUT2D eigenvalue weighted by atomic mass is 15.3. The number of benzene rings is 1. The minimum atomic E-state index is 0.592. The molecule has 5 heterocycles. The molecule has 6 rings (SSSR count). The van der Waals surface area contributed by atoms with E-state index in [0.717, 1.165) is 61.1 Å². The first-order chi connectivity index (χ1) is 16.6. The molecule has 1 fully saturated rings. The van der Waals surface area contributed by atoms with Gasteiger partial charge in [-0.3, -0.25) is 9.89 Å². The average Bonchev–Trinajstić information content (AvgIpc) is 3.53. The predicted molar refractivity (Wildman–Crippen MR) is 136 cm³/mol. The van der Waals surface area contributed by atoms with Gasteiger partial charge in [-0.05, 0) is 43.2 Å². The van der Waals surface area contributed by atoms with Gasteiger partial charge in [-0.2, -0.15) is 0 Å². The summed E-state index contributed by atoms with van der Waals surface area (Å²) >= 11 is 0. The second kappa shape index (κ2) is 8.53. The van der Waals surface area contributed by atoms with Crippen LogP contribution >= 0.6 is 0 Å². The minimum Gasteiger partial charge on any atom is -0.354 e. The number of imidazole rings is 1. The zero-order valence-corrected chi connectivity index (χ0v) is 19.5. The van der Waals surface area contributed by atoms with Crippen molar-refractivity contribution in [3.05, 3.63) is 66.2 Å². The second-order valence-corrected chi connectivity index (χ2v) is 9.16. The van der Waals surface area contributed by atoms with Gasteiger partial charge in [0, 0.05) is 62.6 Å². The summed E-state index contributed by atoms with van der Waals surface area (Å²) in [5.74, 6) is 1.72. The maximum Gasteiger partial charge on any atom is 0.180 e. The molecule has 0 aliphatic carbocycles. The third kappa shape index (κ3) is 3.90. The molecule has 0 unspecified atom stereocenters. The van der Waals surface area contributed by atoms with Crippen LogP contribution in [-0.4, -0.2) is 62.7 Å². The normalized spacial score (nSPS) is 15.9. The summed E-state index contributed by atoms with van der Waals surface area (Å²) in [5, 5.41) is 3.44. The van der Waals surface area contributed by atoms with E-state index in [-0.39, 0.29) is 0 Å². The van der Waals surface area contributed by atoms with Gasteiger partial charge >= 0.3 is 0 Å². The van der Waals surface area contributed by atoms with Crippen LogP contribution in [0.25, 0.3) is 16.9 Å². The molecule has 2 aliphatic rings. The Kier molecular flexibility index (Phi) is 5.22. The molecule has 3 aromatic heterocycles. The molecular weight excluding hydrogens is 424 g/mol. The number of nitrogens with one attached hydrogen (secondary N) is 1. The van der Waals surface area contributed by atoms with Crippen molar-refractivity contribution in [3.8, 4) is 11.3 Å². The first-order valence-corrected chi connectivity index (χ1v) is 11.8. The number of hydrogen-bond acceptors (Lipinski definition) is 7. The lowest BCUT2D eigenvalue weighted by Gasteiger charge is -2.37. The molecule has 0 saturated carbocycles. The van der Waals surface area contributed by atoms with Gasteiger partial charge in [-0.15, -0.1) is 0 Å². The summed E-state index contributed by atoms with van der Waals surface area (Å²) in [7, 11) is 0. The molecule has 1 aromatic carbocycles. The Labute approximate surface area is 199 Å². The fourth-order valence-electron chi connectivity index (χ4n) is 4.68. The van der Waals surface area contributed by atoms with Crippen LogP contribution in [0, 0.1) is 0 Å². The van der Waals surface area contributed by atoms with E-state index in [0.29, 0.717) is 11.9 Å². The number of hydrogen-bond donors (Lipinski definition) is 1. The third-order valence-electron chi connectivity index (χ3n) is 6.68. The first-order valence-electron chi connectivity index (χ1n) is 11.8. The molecule has 0 spiro atoms. The summed E-state index contributed by atoms with van der Waals surface area (Å²) in [6, 6.07) is 11.1. The lowest BCUT2D eigenvalue weighted by Crippen LogP contribution is -2.49. The number of aliphatic imine (C=N–C) groups is 1. The van der Waals surface area contributed by atoms with Crippen LogP contribution in [0.4, 0.5) is 17.3 Å². The van der Waals surface area contributed by atoms with Crippen LogP contribution in [0.1, 0.15) is 25.0 Å². The Balaban J connectivity index is 1.24. The Morgan fingerprint density at radius 2 is 1.88 bits per heavy atom. The number of piperazine rings is 1. The second-order valence-electron chi connectivity index (χ2n) is 9.16. The molecule has 1 saturated heterocycles. The van der Waals surface area contributed by atoms with Crippen molar-refractivity contribution >= 4 is 29.2 Å². The van der Waals surface area contributed by atoms with Crippen LogP contribution in [0.15, 0.2) is 60.1 Å². The molecule has 8 heteroatoms. The average molecular weight is 453 g/mol. The topological polar surface area (TPSA) is 74.0 Å². The van der Waals surface area contributed by atoms with Gasteiger partial charge < -0.3 is 14.6 Å². The Hall–Kier alpha value is -3.78. The van der Waals surface area contributed by atoms with Gasteiger partial charge in [0.1, 0.15) is 5.82 Å². The zero-order chi connectivity index (χ0) is 23.1. The molecule has 4 aromatic rings. The maximum atomic E-state index is 4.92. The van der Waals surface area contributed by atoms with Crippen LogP contribution in [0.3, 0.4) is 0 Å². The molecule has 0 amide bonds. The third-order valence-corrected chi connectivity index (χ3v) is 6.68. The summed E-state index contributed by atoms with van der Waals surface area (Å²) in [5.41, 5.74) is 6.03. The van der Waals surface area contributed by atoms with Crippen LogP contribution in [0.2, 0.25) is 0 Å². The first kappa shape index (κ1) is 20.8. The zero-order valence-electron chi connectivity index (χ0n) is 19.5. The molecule has 0 atom stereocenters. The molecule has 0 bridgehead atoms. The van der Waals surface area contributed by atoms with Crippen molar-refractivity contribution < 1.29 is 0 Å². The molecule has 172 valence electrons. The summed E-state index contributed by atoms with van der Waals surface area (Å²) < 4.78 is 2.00. The largest absolute Gasteiger partial charge is 0.354 e. The molecule has 2 aliphatic heterocycles. The van der Waals surface area contributed by atoms with E-state index < -0.39 is 0 Å². The van der Waals surface area contributed by atoms with Crippen molar-refractivity contribution in [1.82, 2.24) is 24.3 Å². The van der Waals surface area contributed by atoms with Gasteiger partial charge in [-0.1, -0.05) is 12.1 Å². The number of rotatable bonds is 5. The van der Waals surface area contributed by atoms with Crippen LogP contribution in [0.5, 0.6) is 0 Å². The van der Waals surface area contributed by atoms with E-state index in [2.05, 4.69) is 69.3 Å². The van der Waals surface area contributed by atoms with E-state index in [1.807, 2.05) is 29.2 Å². The van der Waals surface area contributed by atoms with E-state index in [1.165, 1.54) is 11.1 Å². The van der Waals surface area contributed by atoms with Gasteiger partial charge in [0.2, 0.25) is 0 Å². The quantitative estimate of drug-likeness (QED) is 0.493. The van der Waals surface area contributed by atoms with Gasteiger partial charge in [0.05, 0.1) is 24.1 Å². The van der Waals surface area contributed by atoms with E-state index >= 15 is 0 Å². The number of nitrogens with zero attached hydrogens (tertiary/aromatic N) is 7. The Bertz CT molecular complexity index is 1350. The molecule has 8 nitrogen and oxygen atoms in total. The lowest BCUT2D eigenvalue weighted by molar-refractivity contribution is 0.209. The number of aromatic nitrogens is 4. The van der Waals surface area contributed by atoms with Crippen molar-refractivity contribution in [1.29, 1.82) is 0 Å². The van der Waals surface area contributed by atoms with Crippen molar-refractivity contribution in [3.63, 3.8) is 0 Å². The highest BCUT2D eigenvalue weighted by Gasteiger charge is 2.20. The monoisotopic (exact) mass is 452 g/mol. The van der Waals surface area contributed by atoms with Crippen molar-refractivity contribution in [2.45, 2.75) is 26.4 Å². The van der Waals surface area contributed by atoms with Crippen molar-refractivity contribution in [2.75, 3.05) is 36.4 Å². The predicted octanol–water partition coefficient (Wildman–Crippen LogP) is 4.00. The Morgan fingerprint density at radius 1 is 1.00 bits per heavy atom. The lowest BCUT2D eigenvalue weighted by atomic mass is 10.0. The van der Waals surface area contributed by atoms with Gasteiger partial charge in [0.25, 0.3) is 0 Å². The minimum absolute atomic E-state index is 0.592. The molecular formula is C26H28N8. The Morgan fingerprint density at radius 3 is 2.68 bits per heavy atom. The number of pyridine rings is 1. The van der Waals surface area contributed by atoms with E-state index in [9.17, 15) is 0 Å². The van der Waals surface area contributed by atoms with Gasteiger partial charge in [0.15, 0.2) is 11.5 Å². The van der Waals surface area contributed by atoms with E-state index in [4.69, 9.17) is 9.97 Å². The smallest absolute Gasteiger partial charge is 0.180 e. The highest BCUT2D eigenvalue weighted by molar-refractivity contribution is 5.86. The standard InChI is InChI=1S/C26H28N8/c1-18(2)32-9-11-33(12-10-32)24-6-5-22(16-29-24)30-25-26-28-7-8-34(26)17-23(31-25)19-3-4-20-14-27-15-21(20)13-19/h3-8,13-14,16-18H,9-12,15H2,1-2H3,(H,30,31).